The van der Waals surface area contributed by atoms with E-state index in [1.54, 1.807) is 0 Å². The van der Waals surface area contributed by atoms with Crippen LogP contribution >= 0.6 is 0 Å². The zero-order valence-corrected chi connectivity index (χ0v) is 11.3. The number of nitrogens with one attached hydrogen (secondary N) is 1. The van der Waals surface area contributed by atoms with E-state index in [0.717, 1.165) is 25.3 Å². The highest BCUT2D eigenvalue weighted by molar-refractivity contribution is 5.08. The molecule has 0 radical (unpaired) electrons. The number of nitrogens with zero attached hydrogens (tertiary/aromatic N) is 2. The Labute approximate surface area is 99.3 Å². The molecule has 0 aliphatic rings. The smallest absolute Gasteiger partial charge is 0.0951 e. The van der Waals surface area contributed by atoms with Crippen LogP contribution in [0.1, 0.15) is 38.6 Å². The van der Waals surface area contributed by atoms with Crippen molar-refractivity contribution in [1.29, 1.82) is 0 Å². The molecular formula is C13H25N3. The van der Waals surface area contributed by atoms with Gasteiger partial charge in [-0.05, 0) is 32.2 Å². The van der Waals surface area contributed by atoms with Gasteiger partial charge in [-0.1, -0.05) is 20.8 Å². The molecule has 3 nitrogen and oxygen atoms in total. The molecule has 1 N–H and O–H groups in total. The van der Waals surface area contributed by atoms with Gasteiger partial charge in [0, 0.05) is 18.8 Å². The van der Waals surface area contributed by atoms with Crippen molar-refractivity contribution in [3.05, 3.63) is 17.7 Å². The van der Waals surface area contributed by atoms with Gasteiger partial charge in [-0.3, -0.25) is 0 Å². The largest absolute Gasteiger partial charge is 0.333 e. The quantitative estimate of drug-likeness (QED) is 0.777. The highest BCUT2D eigenvalue weighted by Gasteiger charge is 2.08. The van der Waals surface area contributed by atoms with E-state index in [4.69, 9.17) is 0 Å². The normalized spacial score (nSPS) is 12.1. The Morgan fingerprint density at radius 3 is 2.44 bits per heavy atom. The van der Waals surface area contributed by atoms with Crippen molar-refractivity contribution in [2.24, 2.45) is 5.41 Å². The zero-order chi connectivity index (χ0) is 12.2. The van der Waals surface area contributed by atoms with Gasteiger partial charge in [0.2, 0.25) is 0 Å². The fourth-order valence-electron chi connectivity index (χ4n) is 1.56. The van der Waals surface area contributed by atoms with Crippen molar-refractivity contribution in [1.82, 2.24) is 14.9 Å². The van der Waals surface area contributed by atoms with E-state index < -0.39 is 0 Å². The maximum Gasteiger partial charge on any atom is 0.0951 e. The first kappa shape index (κ1) is 13.2. The molecule has 0 aliphatic heterocycles. The Bertz CT molecular complexity index is 320. The Kier molecular flexibility index (Phi) is 4.54. The monoisotopic (exact) mass is 223 g/mol. The highest BCUT2D eigenvalue weighted by atomic mass is 15.1. The Morgan fingerprint density at radius 2 is 1.94 bits per heavy atom. The average Bonchev–Trinajstić information content (AvgIpc) is 2.47. The first-order valence-corrected chi connectivity index (χ1v) is 6.09. The summed E-state index contributed by atoms with van der Waals surface area (Å²) in [5.74, 6) is 0. The van der Waals surface area contributed by atoms with Gasteiger partial charge >= 0.3 is 0 Å². The molecule has 0 amide bonds. The molecule has 0 saturated heterocycles. The summed E-state index contributed by atoms with van der Waals surface area (Å²) in [4.78, 5) is 4.29. The Balaban J connectivity index is 2.19. The molecule has 92 valence electrons. The van der Waals surface area contributed by atoms with Gasteiger partial charge in [0.05, 0.1) is 12.0 Å². The molecule has 0 bridgehead atoms. The zero-order valence-electron chi connectivity index (χ0n) is 11.3. The van der Waals surface area contributed by atoms with Crippen LogP contribution in [0.3, 0.4) is 0 Å². The van der Waals surface area contributed by atoms with Crippen LogP contribution in [0.2, 0.25) is 0 Å². The summed E-state index contributed by atoms with van der Waals surface area (Å²) in [7, 11) is 0. The van der Waals surface area contributed by atoms with Gasteiger partial charge in [-0.25, -0.2) is 4.98 Å². The molecule has 0 saturated carbocycles. The number of imidazole rings is 1. The summed E-state index contributed by atoms with van der Waals surface area (Å²) >= 11 is 0. The first-order chi connectivity index (χ1) is 7.40. The highest BCUT2D eigenvalue weighted by Crippen LogP contribution is 2.16. The summed E-state index contributed by atoms with van der Waals surface area (Å²) < 4.78 is 2.21. The molecule has 0 fully saturated rings. The second-order valence-corrected chi connectivity index (χ2v) is 5.67. The van der Waals surface area contributed by atoms with Crippen LogP contribution in [0.4, 0.5) is 0 Å². The van der Waals surface area contributed by atoms with E-state index in [-0.39, 0.29) is 0 Å². The second kappa shape index (κ2) is 5.48. The van der Waals surface area contributed by atoms with Crippen molar-refractivity contribution in [2.75, 3.05) is 13.1 Å². The molecule has 0 unspecified atom stereocenters. The van der Waals surface area contributed by atoms with E-state index in [9.17, 15) is 0 Å². The van der Waals surface area contributed by atoms with Crippen molar-refractivity contribution in [3.63, 3.8) is 0 Å². The van der Waals surface area contributed by atoms with Crippen LogP contribution in [0.5, 0.6) is 0 Å². The predicted octanol–water partition coefficient (Wildman–Crippen LogP) is 2.53. The number of aromatic nitrogens is 2. The summed E-state index contributed by atoms with van der Waals surface area (Å²) in [5, 5.41) is 3.48. The van der Waals surface area contributed by atoms with Crippen LogP contribution in [-0.4, -0.2) is 22.6 Å². The van der Waals surface area contributed by atoms with Crippen molar-refractivity contribution in [2.45, 2.75) is 47.6 Å². The van der Waals surface area contributed by atoms with E-state index in [0.29, 0.717) is 5.41 Å². The molecule has 0 aliphatic carbocycles. The maximum atomic E-state index is 4.29. The number of rotatable bonds is 5. The molecule has 3 heteroatoms. The Hall–Kier alpha value is -0.830. The summed E-state index contributed by atoms with van der Waals surface area (Å²) in [6.45, 7) is 14.1. The minimum atomic E-state index is 0.425. The lowest BCUT2D eigenvalue weighted by Crippen LogP contribution is -2.24. The third-order valence-electron chi connectivity index (χ3n) is 2.93. The van der Waals surface area contributed by atoms with Crippen molar-refractivity contribution >= 4 is 0 Å². The lowest BCUT2D eigenvalue weighted by Gasteiger charge is -2.18. The number of hydrogen-bond acceptors (Lipinski definition) is 2. The lowest BCUT2D eigenvalue weighted by molar-refractivity contribution is 0.365. The van der Waals surface area contributed by atoms with E-state index in [1.807, 2.05) is 6.33 Å². The first-order valence-electron chi connectivity index (χ1n) is 6.09. The van der Waals surface area contributed by atoms with E-state index in [1.165, 1.54) is 12.1 Å². The minimum Gasteiger partial charge on any atom is -0.333 e. The standard InChI is InChI=1S/C13H25N3/c1-11-12(2)16(10-15-11)9-8-14-7-6-13(3,4)5/h10,14H,6-9H2,1-5H3. The SMILES string of the molecule is Cc1ncn(CCNCCC(C)(C)C)c1C. The molecule has 0 spiro atoms. The fourth-order valence-corrected chi connectivity index (χ4v) is 1.56. The molecule has 1 aromatic heterocycles. The van der Waals surface area contributed by atoms with Gasteiger partial charge in [0.1, 0.15) is 0 Å². The third-order valence-corrected chi connectivity index (χ3v) is 2.93. The van der Waals surface area contributed by atoms with Crippen LogP contribution in [-0.2, 0) is 6.54 Å². The molecular weight excluding hydrogens is 198 g/mol. The van der Waals surface area contributed by atoms with Crippen LogP contribution in [0, 0.1) is 19.3 Å². The Morgan fingerprint density at radius 1 is 1.25 bits per heavy atom. The van der Waals surface area contributed by atoms with Gasteiger partial charge in [0.15, 0.2) is 0 Å². The topological polar surface area (TPSA) is 29.9 Å². The molecule has 1 rings (SSSR count). The van der Waals surface area contributed by atoms with Gasteiger partial charge in [0.25, 0.3) is 0 Å². The average molecular weight is 223 g/mol. The molecule has 0 aromatic carbocycles. The molecule has 1 heterocycles. The van der Waals surface area contributed by atoms with Crippen LogP contribution in [0.15, 0.2) is 6.33 Å². The van der Waals surface area contributed by atoms with Crippen LogP contribution in [0.25, 0.3) is 0 Å². The minimum absolute atomic E-state index is 0.425. The lowest BCUT2D eigenvalue weighted by atomic mass is 9.92. The number of hydrogen-bond donors (Lipinski definition) is 1. The predicted molar refractivity (Wildman–Crippen MR) is 68.6 cm³/mol. The maximum absolute atomic E-state index is 4.29. The molecule has 0 atom stereocenters. The van der Waals surface area contributed by atoms with E-state index >= 15 is 0 Å². The summed E-state index contributed by atoms with van der Waals surface area (Å²) in [6, 6.07) is 0. The fraction of sp³-hybridized carbons (Fsp3) is 0.769. The summed E-state index contributed by atoms with van der Waals surface area (Å²) in [6.07, 6.45) is 3.14. The van der Waals surface area contributed by atoms with Crippen molar-refractivity contribution < 1.29 is 0 Å². The van der Waals surface area contributed by atoms with Gasteiger partial charge in [-0.15, -0.1) is 0 Å². The second-order valence-electron chi connectivity index (χ2n) is 5.67. The van der Waals surface area contributed by atoms with Crippen molar-refractivity contribution in [3.8, 4) is 0 Å². The van der Waals surface area contributed by atoms with Crippen LogP contribution < -0.4 is 5.32 Å². The van der Waals surface area contributed by atoms with Gasteiger partial charge < -0.3 is 9.88 Å². The third kappa shape index (κ3) is 4.35. The van der Waals surface area contributed by atoms with E-state index in [2.05, 4.69) is 49.5 Å². The van der Waals surface area contributed by atoms with Gasteiger partial charge in [-0.2, -0.15) is 0 Å². The summed E-state index contributed by atoms with van der Waals surface area (Å²) in [5.41, 5.74) is 2.83. The molecule has 16 heavy (non-hydrogen) atoms. The molecule has 1 aromatic rings. The number of aryl methyl sites for hydroxylation is 1.